The molecule has 0 spiro atoms. The molecule has 2 amide bonds. The maximum atomic E-state index is 12.6. The average Bonchev–Trinajstić information content (AvgIpc) is 3.51. The van der Waals surface area contributed by atoms with E-state index in [1.165, 1.54) is 34.4 Å². The van der Waals surface area contributed by atoms with Crippen molar-refractivity contribution in [1.82, 2.24) is 4.57 Å². The number of nitrogens with one attached hydrogen (secondary N) is 1. The number of thiazole rings is 1. The summed E-state index contributed by atoms with van der Waals surface area (Å²) >= 11 is 4.09. The van der Waals surface area contributed by atoms with E-state index in [4.69, 9.17) is 9.47 Å². The van der Waals surface area contributed by atoms with Crippen LogP contribution < -0.4 is 14.9 Å². The Morgan fingerprint density at radius 3 is 2.69 bits per heavy atom. The highest BCUT2D eigenvalue weighted by Crippen LogP contribution is 2.39. The van der Waals surface area contributed by atoms with Gasteiger partial charge in [0.25, 0.3) is 5.91 Å². The molecule has 0 unspecified atom stereocenters. The van der Waals surface area contributed by atoms with Crippen molar-refractivity contribution in [2.75, 3.05) is 30.0 Å². The molecule has 4 rings (SSSR count). The first-order valence-electron chi connectivity index (χ1n) is 12.0. The van der Waals surface area contributed by atoms with Crippen LogP contribution >= 0.6 is 34.4 Å². The van der Waals surface area contributed by atoms with E-state index in [1.54, 1.807) is 6.92 Å². The van der Waals surface area contributed by atoms with Gasteiger partial charge in [-0.1, -0.05) is 11.3 Å². The number of aromatic nitrogens is 1. The van der Waals surface area contributed by atoms with Crippen LogP contribution in [-0.4, -0.2) is 47.1 Å². The van der Waals surface area contributed by atoms with E-state index in [0.717, 1.165) is 45.7 Å². The molecule has 2 heterocycles. The molecule has 36 heavy (non-hydrogen) atoms. The van der Waals surface area contributed by atoms with Gasteiger partial charge in [-0.3, -0.25) is 9.59 Å². The van der Waals surface area contributed by atoms with E-state index >= 15 is 0 Å². The third-order valence-corrected chi connectivity index (χ3v) is 8.78. The van der Waals surface area contributed by atoms with Gasteiger partial charge in [-0.15, -0.1) is 23.1 Å². The number of nitrogens with zero attached hydrogens (tertiary/aromatic N) is 2. The number of amides is 2. The van der Waals surface area contributed by atoms with Gasteiger partial charge in [0.1, 0.15) is 10.8 Å². The van der Waals surface area contributed by atoms with Crippen molar-refractivity contribution in [2.24, 2.45) is 4.99 Å². The van der Waals surface area contributed by atoms with Crippen molar-refractivity contribution in [2.45, 2.75) is 46.6 Å². The normalized spacial score (nSPS) is 13.1. The Hall–Kier alpha value is -2.63. The van der Waals surface area contributed by atoms with Gasteiger partial charge in [-0.05, 0) is 63.8 Å². The topological polar surface area (TPSA) is 99.0 Å². The molecule has 0 aliphatic heterocycles. The molecule has 11 heteroatoms. The first-order valence-corrected chi connectivity index (χ1v) is 14.8. The molecule has 0 atom stereocenters. The standard InChI is InChI=1S/C25H29N3O5S3/c1-4-28-17-11-10-15(32-5-2)12-19(17)36-25(28)27-21(30)14-34-13-20(29)26-23-22(24(31)33-6-3)16-8-7-9-18(16)35-23/h10-12H,4-9,13-14H2,1-3H3,(H,26,29). The summed E-state index contributed by atoms with van der Waals surface area (Å²) in [7, 11) is 0. The van der Waals surface area contributed by atoms with Crippen LogP contribution in [0, 0.1) is 0 Å². The van der Waals surface area contributed by atoms with Crippen LogP contribution in [0.2, 0.25) is 0 Å². The fourth-order valence-corrected chi connectivity index (χ4v) is 7.18. The molecule has 192 valence electrons. The molecule has 3 aromatic rings. The van der Waals surface area contributed by atoms with Crippen LogP contribution in [0.4, 0.5) is 5.00 Å². The molecule has 0 fully saturated rings. The minimum absolute atomic E-state index is 0.0846. The summed E-state index contributed by atoms with van der Waals surface area (Å²) < 4.78 is 13.8. The number of thioether (sulfide) groups is 1. The summed E-state index contributed by atoms with van der Waals surface area (Å²) in [5, 5.41) is 3.40. The summed E-state index contributed by atoms with van der Waals surface area (Å²) in [4.78, 5) is 43.7. The van der Waals surface area contributed by atoms with E-state index in [1.807, 2.05) is 36.6 Å². The number of hydrogen-bond acceptors (Lipinski definition) is 8. The quantitative estimate of drug-likeness (QED) is 0.371. The number of fused-ring (bicyclic) bond motifs is 2. The SMILES string of the molecule is CCOC(=O)c1c(NC(=O)CSCC(=O)N=c2sc3cc(OCC)ccc3n2CC)sc2c1CCC2. The number of aryl methyl sites for hydroxylation is 2. The van der Waals surface area contributed by atoms with E-state index in [2.05, 4.69) is 10.3 Å². The third kappa shape index (κ3) is 5.84. The van der Waals surface area contributed by atoms with Gasteiger partial charge >= 0.3 is 5.97 Å². The number of anilines is 1. The molecular weight excluding hydrogens is 518 g/mol. The highest BCUT2D eigenvalue weighted by molar-refractivity contribution is 8.00. The number of esters is 1. The number of ether oxygens (including phenoxy) is 2. The van der Waals surface area contributed by atoms with Crippen molar-refractivity contribution >= 4 is 67.4 Å². The van der Waals surface area contributed by atoms with E-state index < -0.39 is 5.97 Å². The highest BCUT2D eigenvalue weighted by Gasteiger charge is 2.28. The van der Waals surface area contributed by atoms with E-state index in [-0.39, 0.29) is 29.9 Å². The fraction of sp³-hybridized carbons (Fsp3) is 0.440. The van der Waals surface area contributed by atoms with Gasteiger partial charge < -0.3 is 19.4 Å². The Labute approximate surface area is 221 Å². The van der Waals surface area contributed by atoms with Crippen molar-refractivity contribution < 1.29 is 23.9 Å². The molecule has 1 aliphatic carbocycles. The molecule has 2 aromatic heterocycles. The van der Waals surface area contributed by atoms with Crippen molar-refractivity contribution in [3.63, 3.8) is 0 Å². The zero-order chi connectivity index (χ0) is 25.7. The molecule has 0 radical (unpaired) electrons. The minimum atomic E-state index is -0.394. The summed E-state index contributed by atoms with van der Waals surface area (Å²) in [6.45, 7) is 7.27. The van der Waals surface area contributed by atoms with Gasteiger partial charge in [0.15, 0.2) is 4.80 Å². The number of carbonyl (C=O) groups is 3. The summed E-state index contributed by atoms with van der Waals surface area (Å²) in [6.07, 6.45) is 2.74. The van der Waals surface area contributed by atoms with Gasteiger partial charge in [-0.25, -0.2) is 4.79 Å². The third-order valence-electron chi connectivity index (χ3n) is 5.61. The second-order valence-corrected chi connectivity index (χ2v) is 11.1. The van der Waals surface area contributed by atoms with Gasteiger partial charge in [-0.2, -0.15) is 4.99 Å². The Balaban J connectivity index is 1.39. The number of carbonyl (C=O) groups excluding carboxylic acids is 3. The zero-order valence-corrected chi connectivity index (χ0v) is 23.0. The summed E-state index contributed by atoms with van der Waals surface area (Å²) in [5.74, 6) is 0.0116. The van der Waals surface area contributed by atoms with Crippen LogP contribution in [0.15, 0.2) is 23.2 Å². The van der Waals surface area contributed by atoms with Crippen LogP contribution in [0.5, 0.6) is 5.75 Å². The lowest BCUT2D eigenvalue weighted by atomic mass is 10.1. The molecule has 0 saturated heterocycles. The maximum Gasteiger partial charge on any atom is 0.341 e. The highest BCUT2D eigenvalue weighted by atomic mass is 32.2. The molecule has 1 aliphatic rings. The first kappa shape index (κ1) is 26.4. The predicted molar refractivity (Wildman–Crippen MR) is 145 cm³/mol. The second-order valence-electron chi connectivity index (χ2n) is 8.02. The lowest BCUT2D eigenvalue weighted by molar-refractivity contribution is -0.115. The summed E-state index contributed by atoms with van der Waals surface area (Å²) in [5.41, 5.74) is 2.49. The summed E-state index contributed by atoms with van der Waals surface area (Å²) in [6, 6.07) is 5.86. The van der Waals surface area contributed by atoms with Crippen molar-refractivity contribution in [3.8, 4) is 5.75 Å². The van der Waals surface area contributed by atoms with E-state index in [9.17, 15) is 14.4 Å². The molecule has 0 saturated carbocycles. The largest absolute Gasteiger partial charge is 0.494 e. The predicted octanol–water partition coefficient (Wildman–Crippen LogP) is 4.65. The van der Waals surface area contributed by atoms with Gasteiger partial charge in [0, 0.05) is 11.4 Å². The van der Waals surface area contributed by atoms with Crippen molar-refractivity contribution in [1.29, 1.82) is 0 Å². The van der Waals surface area contributed by atoms with Crippen LogP contribution in [0.25, 0.3) is 10.2 Å². The van der Waals surface area contributed by atoms with Crippen molar-refractivity contribution in [3.05, 3.63) is 39.0 Å². The monoisotopic (exact) mass is 547 g/mol. The number of thiophene rings is 1. The molecule has 1 aromatic carbocycles. The van der Waals surface area contributed by atoms with Crippen LogP contribution in [0.1, 0.15) is 48.0 Å². The lowest BCUT2D eigenvalue weighted by Crippen LogP contribution is -2.19. The Morgan fingerprint density at radius 2 is 1.94 bits per heavy atom. The molecule has 8 nitrogen and oxygen atoms in total. The maximum absolute atomic E-state index is 12.6. The van der Waals surface area contributed by atoms with Gasteiger partial charge in [0.2, 0.25) is 5.91 Å². The Kier molecular flexibility index (Phi) is 8.86. The van der Waals surface area contributed by atoms with Crippen LogP contribution in [-0.2, 0) is 33.7 Å². The average molecular weight is 548 g/mol. The van der Waals surface area contributed by atoms with E-state index in [0.29, 0.717) is 28.5 Å². The second kappa shape index (κ2) is 12.1. The lowest BCUT2D eigenvalue weighted by Gasteiger charge is -2.07. The minimum Gasteiger partial charge on any atom is -0.494 e. The Morgan fingerprint density at radius 1 is 1.11 bits per heavy atom. The zero-order valence-electron chi connectivity index (χ0n) is 20.5. The fourth-order valence-electron chi connectivity index (χ4n) is 4.15. The van der Waals surface area contributed by atoms with Gasteiger partial charge in [0.05, 0.1) is 40.5 Å². The Bertz CT molecular complexity index is 1350. The number of rotatable bonds is 10. The first-order chi connectivity index (χ1) is 17.4. The van der Waals surface area contributed by atoms with Crippen LogP contribution in [0.3, 0.4) is 0 Å². The number of benzene rings is 1. The smallest absolute Gasteiger partial charge is 0.341 e. The number of hydrogen-bond donors (Lipinski definition) is 1. The molecular formula is C25H29N3O5S3. The molecule has 0 bridgehead atoms. The molecule has 1 N–H and O–H groups in total.